The second-order valence-corrected chi connectivity index (χ2v) is 7.96. The molecule has 0 radical (unpaired) electrons. The molecule has 1 aliphatic heterocycles. The van der Waals surface area contributed by atoms with Gasteiger partial charge in [0, 0.05) is 18.3 Å². The predicted molar refractivity (Wildman–Crippen MR) is 90.6 cm³/mol. The Balaban J connectivity index is 1.95. The van der Waals surface area contributed by atoms with Crippen LogP contribution in [0.2, 0.25) is 0 Å². The molecule has 0 aromatic carbocycles. The molecule has 3 N–H and O–H groups in total. The van der Waals surface area contributed by atoms with Crippen molar-refractivity contribution in [3.8, 4) is 0 Å². The summed E-state index contributed by atoms with van der Waals surface area (Å²) in [4.78, 5) is 24.5. The van der Waals surface area contributed by atoms with Crippen molar-refractivity contribution < 1.29 is 34.4 Å². The van der Waals surface area contributed by atoms with Gasteiger partial charge in [0.25, 0.3) is 0 Å². The summed E-state index contributed by atoms with van der Waals surface area (Å²) >= 11 is 0. The highest BCUT2D eigenvalue weighted by atomic mass is 16.6. The average molecular weight is 366 g/mol. The molecule has 0 bridgehead atoms. The van der Waals surface area contributed by atoms with Crippen LogP contribution in [-0.2, 0) is 19.1 Å². The van der Waals surface area contributed by atoms with E-state index in [1.807, 2.05) is 0 Å². The Kier molecular flexibility index (Phi) is 4.75. The number of hydrogen-bond acceptors (Lipinski definition) is 7. The van der Waals surface area contributed by atoms with E-state index >= 15 is 0 Å². The summed E-state index contributed by atoms with van der Waals surface area (Å²) in [5.41, 5.74) is -0.611. The van der Waals surface area contributed by atoms with Crippen molar-refractivity contribution in [3.05, 3.63) is 24.3 Å². The van der Waals surface area contributed by atoms with Crippen LogP contribution >= 0.6 is 0 Å². The second kappa shape index (κ2) is 6.48. The lowest BCUT2D eigenvalue weighted by atomic mass is 9.79. The smallest absolute Gasteiger partial charge is 0.340 e. The summed E-state index contributed by atoms with van der Waals surface area (Å²) in [6, 6.07) is 0. The third-order valence-electron chi connectivity index (χ3n) is 6.12. The Bertz CT molecular complexity index is 652. The van der Waals surface area contributed by atoms with E-state index in [1.165, 1.54) is 6.92 Å². The first-order chi connectivity index (χ1) is 12.1. The molecular formula is C19H26O7. The molecule has 3 fully saturated rings. The van der Waals surface area contributed by atoms with Crippen LogP contribution < -0.4 is 0 Å². The molecule has 3 aliphatic rings. The van der Waals surface area contributed by atoms with Gasteiger partial charge < -0.3 is 24.8 Å². The van der Waals surface area contributed by atoms with Gasteiger partial charge in [0.2, 0.25) is 0 Å². The number of hydrogen-bond donors (Lipinski definition) is 3. The number of ether oxygens (including phenoxy) is 2. The fourth-order valence-corrected chi connectivity index (χ4v) is 4.48. The van der Waals surface area contributed by atoms with Crippen LogP contribution in [0.3, 0.4) is 0 Å². The van der Waals surface area contributed by atoms with Crippen LogP contribution in [0.4, 0.5) is 0 Å². The van der Waals surface area contributed by atoms with Gasteiger partial charge in [-0.25, -0.2) is 4.79 Å². The minimum absolute atomic E-state index is 0.106. The van der Waals surface area contributed by atoms with E-state index in [0.717, 1.165) is 5.57 Å². The van der Waals surface area contributed by atoms with Crippen LogP contribution in [0.5, 0.6) is 0 Å². The van der Waals surface area contributed by atoms with E-state index in [-0.39, 0.29) is 17.8 Å². The van der Waals surface area contributed by atoms with Gasteiger partial charge in [-0.2, -0.15) is 0 Å². The van der Waals surface area contributed by atoms with Gasteiger partial charge in [-0.3, -0.25) is 4.79 Å². The molecule has 0 spiro atoms. The zero-order valence-corrected chi connectivity index (χ0v) is 15.1. The van der Waals surface area contributed by atoms with Crippen LogP contribution in [0.1, 0.15) is 26.7 Å². The SMILES string of the molecule is C=C1[C@@H]2[C@H]3OC(=O)[C@@H](C)[C@@H]3[C@@H](OC(=O)C(C)(O)CO)CC(=C)[C@@H]2C[C@@H]1O. The number of rotatable bonds is 3. The first kappa shape index (κ1) is 19.1. The van der Waals surface area contributed by atoms with Crippen molar-refractivity contribution >= 4 is 11.9 Å². The van der Waals surface area contributed by atoms with Crippen molar-refractivity contribution in [1.29, 1.82) is 0 Å². The maximum atomic E-state index is 12.3. The van der Waals surface area contributed by atoms with Gasteiger partial charge in [-0.05, 0) is 24.8 Å². The van der Waals surface area contributed by atoms with Gasteiger partial charge in [0.1, 0.15) is 12.2 Å². The van der Waals surface area contributed by atoms with Crippen molar-refractivity contribution in [2.45, 2.75) is 50.6 Å². The van der Waals surface area contributed by atoms with E-state index in [2.05, 4.69) is 13.2 Å². The number of aliphatic hydroxyl groups is 3. The molecule has 0 aromatic heterocycles. The first-order valence-electron chi connectivity index (χ1n) is 8.87. The highest BCUT2D eigenvalue weighted by Gasteiger charge is 2.58. The van der Waals surface area contributed by atoms with E-state index in [9.17, 15) is 24.9 Å². The van der Waals surface area contributed by atoms with E-state index in [0.29, 0.717) is 18.4 Å². The number of esters is 2. The van der Waals surface area contributed by atoms with E-state index in [1.54, 1.807) is 6.92 Å². The lowest BCUT2D eigenvalue weighted by Gasteiger charge is -2.31. The lowest BCUT2D eigenvalue weighted by Crippen LogP contribution is -2.45. The molecule has 0 aromatic rings. The average Bonchev–Trinajstić information content (AvgIpc) is 2.99. The zero-order chi connectivity index (χ0) is 19.4. The predicted octanol–water partition coefficient (Wildman–Crippen LogP) is 0.332. The minimum atomic E-state index is -2.02. The topological polar surface area (TPSA) is 113 Å². The molecule has 1 heterocycles. The van der Waals surface area contributed by atoms with Gasteiger partial charge in [0.05, 0.1) is 18.6 Å². The maximum absolute atomic E-state index is 12.3. The largest absolute Gasteiger partial charge is 0.461 e. The number of fused-ring (bicyclic) bond motifs is 3. The van der Waals surface area contributed by atoms with Gasteiger partial charge in [0.15, 0.2) is 5.60 Å². The van der Waals surface area contributed by atoms with Crippen molar-refractivity contribution in [3.63, 3.8) is 0 Å². The fourth-order valence-electron chi connectivity index (χ4n) is 4.48. The minimum Gasteiger partial charge on any atom is -0.461 e. The summed E-state index contributed by atoms with van der Waals surface area (Å²) in [5, 5.41) is 29.4. The molecule has 26 heavy (non-hydrogen) atoms. The Morgan fingerprint density at radius 2 is 2.08 bits per heavy atom. The standard InChI is InChI=1S/C19H26O7/c1-8-5-13(25-18(23)19(4,24)7-20)15-10(3)17(22)26-16(15)14-9(2)12(21)6-11(8)14/h10-16,20-21,24H,1-2,5-7H2,3-4H3/t10-,11-,12-,13-,14-,15+,16+,19?/m0/s1. The van der Waals surface area contributed by atoms with Gasteiger partial charge >= 0.3 is 11.9 Å². The Labute approximate surface area is 152 Å². The third-order valence-corrected chi connectivity index (χ3v) is 6.12. The molecule has 3 rings (SSSR count). The zero-order valence-electron chi connectivity index (χ0n) is 15.1. The molecule has 8 atom stereocenters. The first-order valence-corrected chi connectivity index (χ1v) is 8.87. The van der Waals surface area contributed by atoms with E-state index < -0.39 is 48.3 Å². The number of aliphatic hydroxyl groups excluding tert-OH is 2. The number of carbonyl (C=O) groups is 2. The van der Waals surface area contributed by atoms with Crippen LogP contribution in [0, 0.1) is 23.7 Å². The Morgan fingerprint density at radius 3 is 2.69 bits per heavy atom. The normalized spacial score (nSPS) is 41.7. The van der Waals surface area contributed by atoms with Gasteiger partial charge in [-0.1, -0.05) is 25.7 Å². The second-order valence-electron chi connectivity index (χ2n) is 7.96. The molecular weight excluding hydrogens is 340 g/mol. The van der Waals surface area contributed by atoms with E-state index in [4.69, 9.17) is 9.47 Å². The fraction of sp³-hybridized carbons (Fsp3) is 0.684. The summed E-state index contributed by atoms with van der Waals surface area (Å²) in [5.74, 6) is -2.64. The van der Waals surface area contributed by atoms with Crippen LogP contribution in [0.15, 0.2) is 24.3 Å². The molecule has 7 nitrogen and oxygen atoms in total. The van der Waals surface area contributed by atoms with Crippen molar-refractivity contribution in [2.75, 3.05) is 6.61 Å². The molecule has 1 saturated heterocycles. The monoisotopic (exact) mass is 366 g/mol. The summed E-state index contributed by atoms with van der Waals surface area (Å²) < 4.78 is 11.1. The van der Waals surface area contributed by atoms with Crippen molar-refractivity contribution in [2.24, 2.45) is 23.7 Å². The quantitative estimate of drug-likeness (QED) is 0.487. The maximum Gasteiger partial charge on any atom is 0.340 e. The third kappa shape index (κ3) is 2.88. The summed E-state index contributed by atoms with van der Waals surface area (Å²) in [6.45, 7) is 10.2. The summed E-state index contributed by atoms with van der Waals surface area (Å²) in [7, 11) is 0. The van der Waals surface area contributed by atoms with Crippen LogP contribution in [-0.4, -0.2) is 57.8 Å². The number of carbonyl (C=O) groups excluding carboxylic acids is 2. The van der Waals surface area contributed by atoms with Gasteiger partial charge in [-0.15, -0.1) is 0 Å². The van der Waals surface area contributed by atoms with Crippen molar-refractivity contribution in [1.82, 2.24) is 0 Å². The highest BCUT2D eigenvalue weighted by Crippen LogP contribution is 2.52. The molecule has 2 saturated carbocycles. The molecule has 0 amide bonds. The highest BCUT2D eigenvalue weighted by molar-refractivity contribution is 5.79. The summed E-state index contributed by atoms with van der Waals surface area (Å²) in [6.07, 6.45) is -1.20. The Morgan fingerprint density at radius 1 is 1.42 bits per heavy atom. The molecule has 1 unspecified atom stereocenters. The lowest BCUT2D eigenvalue weighted by molar-refractivity contribution is -0.177. The molecule has 2 aliphatic carbocycles. The molecule has 7 heteroatoms. The molecule has 144 valence electrons. The van der Waals surface area contributed by atoms with Crippen LogP contribution in [0.25, 0.3) is 0 Å². The Hall–Kier alpha value is -1.70.